The van der Waals surface area contributed by atoms with Crippen molar-refractivity contribution >= 4 is 17.7 Å². The highest BCUT2D eigenvalue weighted by Crippen LogP contribution is 2.32. The van der Waals surface area contributed by atoms with Crippen molar-refractivity contribution in [2.75, 3.05) is 11.9 Å². The number of carboxylic acids is 1. The maximum absolute atomic E-state index is 13.5. The van der Waals surface area contributed by atoms with Gasteiger partial charge in [0.05, 0.1) is 5.56 Å². The Morgan fingerprint density at radius 1 is 0.897 bits per heavy atom. The third-order valence-corrected chi connectivity index (χ3v) is 4.39. The molecule has 164 valence electrons. The summed E-state index contributed by atoms with van der Waals surface area (Å²) in [4.78, 5) is 22.1. The minimum atomic E-state index is -4.77. The van der Waals surface area contributed by atoms with Crippen molar-refractivity contribution in [2.45, 2.75) is 70.4 Å². The van der Waals surface area contributed by atoms with Crippen molar-refractivity contribution in [1.82, 2.24) is 5.32 Å². The summed E-state index contributed by atoms with van der Waals surface area (Å²) in [5, 5.41) is 13.4. The Morgan fingerprint density at radius 3 is 1.97 bits per heavy atom. The standard InChI is InChI=1S/C20H28F4N2O3/c21-17-14-15(11-12-16(17)20(22,23)24)26-19(29)25-13-9-7-5-3-1-2-4-6-8-10-18(27)28/h11-12,14H,1-10,13H2,(H,27,28)(H2,25,26,29). The van der Waals surface area contributed by atoms with Gasteiger partial charge < -0.3 is 15.7 Å². The highest BCUT2D eigenvalue weighted by molar-refractivity contribution is 5.89. The van der Waals surface area contributed by atoms with Crippen LogP contribution >= 0.6 is 0 Å². The molecule has 0 saturated carbocycles. The molecule has 0 aliphatic carbocycles. The summed E-state index contributed by atoms with van der Waals surface area (Å²) in [6, 6.07) is 1.65. The van der Waals surface area contributed by atoms with Gasteiger partial charge in [-0.25, -0.2) is 9.18 Å². The third kappa shape index (κ3) is 11.3. The molecule has 0 unspecified atom stereocenters. The Kier molecular flexibility index (Phi) is 11.1. The van der Waals surface area contributed by atoms with Crippen LogP contribution in [0, 0.1) is 5.82 Å². The quantitative estimate of drug-likeness (QED) is 0.272. The molecule has 2 amide bonds. The van der Waals surface area contributed by atoms with Gasteiger partial charge in [0, 0.05) is 18.7 Å². The molecule has 0 saturated heterocycles. The van der Waals surface area contributed by atoms with Crippen LogP contribution in [0.15, 0.2) is 18.2 Å². The SMILES string of the molecule is O=C(O)CCCCCCCCCCCNC(=O)Nc1ccc(C(F)(F)F)c(F)c1. The van der Waals surface area contributed by atoms with Crippen LogP contribution in [0.2, 0.25) is 0 Å². The average Bonchev–Trinajstić information content (AvgIpc) is 2.61. The Bertz CT molecular complexity index is 651. The number of aliphatic carboxylic acids is 1. The fourth-order valence-electron chi connectivity index (χ4n) is 2.84. The van der Waals surface area contributed by atoms with Crippen LogP contribution in [0.1, 0.15) is 69.8 Å². The summed E-state index contributed by atoms with van der Waals surface area (Å²) in [5.41, 5.74) is -1.42. The van der Waals surface area contributed by atoms with E-state index in [1.165, 1.54) is 0 Å². The maximum atomic E-state index is 13.5. The van der Waals surface area contributed by atoms with Gasteiger partial charge in [-0.15, -0.1) is 0 Å². The molecule has 0 aliphatic heterocycles. The fraction of sp³-hybridized carbons (Fsp3) is 0.600. The smallest absolute Gasteiger partial charge is 0.419 e. The monoisotopic (exact) mass is 420 g/mol. The van der Waals surface area contributed by atoms with Gasteiger partial charge in [0.2, 0.25) is 0 Å². The highest BCUT2D eigenvalue weighted by atomic mass is 19.4. The zero-order chi connectivity index (χ0) is 21.7. The first-order valence-corrected chi connectivity index (χ1v) is 9.83. The van der Waals surface area contributed by atoms with Crippen LogP contribution in [0.3, 0.4) is 0 Å². The molecule has 3 N–H and O–H groups in total. The molecular weight excluding hydrogens is 392 g/mol. The summed E-state index contributed by atoms with van der Waals surface area (Å²) in [5.74, 6) is -2.18. The van der Waals surface area contributed by atoms with E-state index in [9.17, 15) is 27.2 Å². The minimum Gasteiger partial charge on any atom is -0.481 e. The third-order valence-electron chi connectivity index (χ3n) is 4.39. The summed E-state index contributed by atoms with van der Waals surface area (Å²) >= 11 is 0. The number of amides is 2. The van der Waals surface area contributed by atoms with Gasteiger partial charge >= 0.3 is 18.2 Å². The molecule has 1 aromatic rings. The van der Waals surface area contributed by atoms with Crippen molar-refractivity contribution < 1.29 is 32.3 Å². The molecule has 0 spiro atoms. The highest BCUT2D eigenvalue weighted by Gasteiger charge is 2.33. The van der Waals surface area contributed by atoms with Crippen molar-refractivity contribution in [2.24, 2.45) is 0 Å². The number of carbonyl (C=O) groups is 2. The van der Waals surface area contributed by atoms with E-state index in [1.54, 1.807) is 0 Å². The van der Waals surface area contributed by atoms with Crippen molar-refractivity contribution in [1.29, 1.82) is 0 Å². The lowest BCUT2D eigenvalue weighted by Gasteiger charge is -2.11. The van der Waals surface area contributed by atoms with E-state index in [0.29, 0.717) is 18.7 Å². The molecule has 0 aromatic heterocycles. The van der Waals surface area contributed by atoms with Gasteiger partial charge in [-0.2, -0.15) is 13.2 Å². The van der Waals surface area contributed by atoms with Crippen LogP contribution < -0.4 is 10.6 Å². The number of benzene rings is 1. The van der Waals surface area contributed by atoms with E-state index in [2.05, 4.69) is 10.6 Å². The summed E-state index contributed by atoms with van der Waals surface area (Å²) in [7, 11) is 0. The van der Waals surface area contributed by atoms with Crippen LogP contribution in [-0.2, 0) is 11.0 Å². The number of urea groups is 1. The molecule has 0 heterocycles. The number of alkyl halides is 3. The molecule has 1 rings (SSSR count). The fourth-order valence-corrected chi connectivity index (χ4v) is 2.84. The molecule has 29 heavy (non-hydrogen) atoms. The van der Waals surface area contributed by atoms with E-state index in [1.807, 2.05) is 0 Å². The van der Waals surface area contributed by atoms with Crippen LogP contribution in [0.4, 0.5) is 28.0 Å². The molecule has 0 fully saturated rings. The number of anilines is 1. The zero-order valence-electron chi connectivity index (χ0n) is 16.3. The number of hydrogen-bond donors (Lipinski definition) is 3. The molecule has 0 bridgehead atoms. The first kappa shape index (κ1) is 24.7. The van der Waals surface area contributed by atoms with Gasteiger partial charge in [-0.3, -0.25) is 4.79 Å². The molecular formula is C20H28F4N2O3. The average molecular weight is 420 g/mol. The zero-order valence-corrected chi connectivity index (χ0v) is 16.3. The normalized spacial score (nSPS) is 11.3. The van der Waals surface area contributed by atoms with Gasteiger partial charge in [-0.1, -0.05) is 44.9 Å². The summed E-state index contributed by atoms with van der Waals surface area (Å²) in [6.45, 7) is 0.421. The molecule has 9 heteroatoms. The predicted molar refractivity (Wildman–Crippen MR) is 102 cm³/mol. The van der Waals surface area contributed by atoms with E-state index in [-0.39, 0.29) is 12.1 Å². The lowest BCUT2D eigenvalue weighted by molar-refractivity contribution is -0.140. The minimum absolute atomic E-state index is 0.0450. The number of unbranched alkanes of at least 4 members (excludes halogenated alkanes) is 8. The molecule has 1 aromatic carbocycles. The van der Waals surface area contributed by atoms with Crippen molar-refractivity contribution in [3.05, 3.63) is 29.6 Å². The number of halogens is 4. The topological polar surface area (TPSA) is 78.4 Å². The molecule has 0 radical (unpaired) electrons. The first-order chi connectivity index (χ1) is 13.7. The van der Waals surface area contributed by atoms with Crippen molar-refractivity contribution in [3.63, 3.8) is 0 Å². The Balaban J connectivity index is 2.06. The first-order valence-electron chi connectivity index (χ1n) is 9.83. The van der Waals surface area contributed by atoms with E-state index in [4.69, 9.17) is 5.11 Å². The van der Waals surface area contributed by atoms with Crippen LogP contribution in [0.5, 0.6) is 0 Å². The second-order valence-corrected chi connectivity index (χ2v) is 6.90. The van der Waals surface area contributed by atoms with Gasteiger partial charge in [0.1, 0.15) is 5.82 Å². The lowest BCUT2D eigenvalue weighted by atomic mass is 10.1. The second kappa shape index (κ2) is 13.0. The van der Waals surface area contributed by atoms with Crippen LogP contribution in [0.25, 0.3) is 0 Å². The van der Waals surface area contributed by atoms with E-state index >= 15 is 0 Å². The van der Waals surface area contributed by atoms with Gasteiger partial charge in [0.25, 0.3) is 0 Å². The predicted octanol–water partition coefficient (Wildman–Crippen LogP) is 5.95. The Morgan fingerprint density at radius 2 is 1.45 bits per heavy atom. The Hall–Kier alpha value is -2.32. The number of nitrogens with one attached hydrogen (secondary N) is 2. The molecule has 5 nitrogen and oxygen atoms in total. The molecule has 0 aliphatic rings. The number of rotatable bonds is 13. The van der Waals surface area contributed by atoms with Crippen LogP contribution in [-0.4, -0.2) is 23.7 Å². The van der Waals surface area contributed by atoms with Crippen molar-refractivity contribution in [3.8, 4) is 0 Å². The summed E-state index contributed by atoms with van der Waals surface area (Å²) < 4.78 is 50.9. The largest absolute Gasteiger partial charge is 0.481 e. The summed E-state index contributed by atoms with van der Waals surface area (Å²) in [6.07, 6.45) is 4.17. The lowest BCUT2D eigenvalue weighted by Crippen LogP contribution is -2.29. The molecule has 0 atom stereocenters. The van der Waals surface area contributed by atoms with E-state index < -0.39 is 29.6 Å². The van der Waals surface area contributed by atoms with Gasteiger partial charge in [-0.05, 0) is 31.0 Å². The van der Waals surface area contributed by atoms with Gasteiger partial charge in [0.15, 0.2) is 0 Å². The maximum Gasteiger partial charge on any atom is 0.419 e. The Labute approximate surface area is 167 Å². The number of hydrogen-bond acceptors (Lipinski definition) is 2. The number of carbonyl (C=O) groups excluding carboxylic acids is 1. The number of carboxylic acid groups (broad SMARTS) is 1. The second-order valence-electron chi connectivity index (χ2n) is 6.90. The van der Waals surface area contributed by atoms with E-state index in [0.717, 1.165) is 63.9 Å².